The summed E-state index contributed by atoms with van der Waals surface area (Å²) >= 11 is 0. The molecular weight excluding hydrogens is 1040 g/mol. The summed E-state index contributed by atoms with van der Waals surface area (Å²) in [4.78, 5) is 147. The third kappa shape index (κ3) is 23.7. The summed E-state index contributed by atoms with van der Waals surface area (Å²) in [5, 5.41) is 48.4. The lowest BCUT2D eigenvalue weighted by atomic mass is 9.96. The number of aliphatic hydroxyl groups is 2. The van der Waals surface area contributed by atoms with E-state index in [9.17, 15) is 63.3 Å². The van der Waals surface area contributed by atoms with E-state index in [1.54, 1.807) is 45.9 Å². The van der Waals surface area contributed by atoms with Crippen LogP contribution in [-0.4, -0.2) is 200 Å². The number of benzene rings is 1. The smallest absolute Gasteiger partial charge is 0.323 e. The van der Waals surface area contributed by atoms with E-state index in [2.05, 4.69) is 52.2 Å². The zero-order chi connectivity index (χ0) is 60.2. The standard InChI is InChI=1S/C51H84N16O13/c1-8-28(3)41(50(80)67(26-40(72)73)29(4)9-2)63-38(70)25-66(21-19-52)39(71)24-58-48(78)42(31(6)68)65-49(79)43(32(7)69)64-47(77)37(22-34-23-56-27-59-34)62-46(76)36(18-17-33-14-11-10-12-15-33)61-44(74)30(5)60-45(75)35(53)16-13-20-57-51(54)55/h10-12,14-15,23,27-32,35-37,41-43,68-69H,8-9,13,16-22,24-26,52-53H2,1-7H3,(H,56,59)(H,58,78)(H,60,75)(H,61,74)(H,62,76)(H,63,70)(H,64,77)(H,65,79)(H,72,73)(H4,54,55,57)/t28?,29?,30-,31+,32+,35-,36-,37-,41-,42-,43-/m0/s1. The first-order valence-electron chi connectivity index (χ1n) is 26.5. The number of aromatic nitrogens is 2. The molecule has 2 rings (SSSR count). The van der Waals surface area contributed by atoms with Crippen LogP contribution in [0.25, 0.3) is 0 Å². The summed E-state index contributed by atoms with van der Waals surface area (Å²) in [6.45, 7) is 8.56. The van der Waals surface area contributed by atoms with Crippen LogP contribution in [-0.2, 0) is 60.8 Å². The molecule has 0 saturated carbocycles. The van der Waals surface area contributed by atoms with E-state index in [-0.39, 0.29) is 51.3 Å². The Morgan fingerprint density at radius 1 is 0.725 bits per heavy atom. The van der Waals surface area contributed by atoms with Crippen molar-refractivity contribution in [2.75, 3.05) is 39.3 Å². The predicted molar refractivity (Wildman–Crippen MR) is 293 cm³/mol. The number of aliphatic hydroxyl groups excluding tert-OH is 2. The SMILES string of the molecule is CCC(C)[C@H](NC(=O)CN(CCN)C(=O)CNC(=O)[C@@H](NC(=O)[C@@H](NC(=O)[C@H](Cc1cnc[nH]1)NC(=O)[C@H](CCc1ccccc1)NC(=O)[C@H](C)NC(=O)[C@@H](N)CCCN=C(N)N)[C@@H](C)O)[C@@H](C)O)C(=O)N(CC(=O)O)C(C)CC. The third-order valence-corrected chi connectivity index (χ3v) is 13.0. The second-order valence-electron chi connectivity index (χ2n) is 19.5. The van der Waals surface area contributed by atoms with Gasteiger partial charge in [0.25, 0.3) is 0 Å². The van der Waals surface area contributed by atoms with E-state index >= 15 is 0 Å². The number of rotatable bonds is 36. The molecule has 29 heteroatoms. The maximum absolute atomic E-state index is 14.2. The van der Waals surface area contributed by atoms with Gasteiger partial charge in [-0.05, 0) is 71.3 Å². The molecule has 0 saturated heterocycles. The number of hydrogen-bond donors (Lipinski definition) is 15. The number of aromatic amines is 1. The number of carbonyl (C=O) groups is 10. The molecule has 0 aliphatic carbocycles. The van der Waals surface area contributed by atoms with Crippen molar-refractivity contribution in [3.05, 3.63) is 54.1 Å². The Bertz CT molecular complexity index is 2370. The van der Waals surface area contributed by atoms with Gasteiger partial charge >= 0.3 is 5.97 Å². The van der Waals surface area contributed by atoms with Crippen molar-refractivity contribution < 1.29 is 63.3 Å². The monoisotopic (exact) mass is 1130 g/mol. The topological polar surface area (TPSA) is 467 Å². The van der Waals surface area contributed by atoms with Crippen molar-refractivity contribution in [3.63, 3.8) is 0 Å². The van der Waals surface area contributed by atoms with Crippen molar-refractivity contribution in [2.24, 2.45) is 33.8 Å². The molecule has 0 radical (unpaired) electrons. The van der Waals surface area contributed by atoms with Gasteiger partial charge in [-0.3, -0.25) is 52.9 Å². The Morgan fingerprint density at radius 3 is 1.90 bits per heavy atom. The quantitative estimate of drug-likeness (QED) is 0.0173. The number of carbonyl (C=O) groups excluding carboxylic acids is 9. The Kier molecular flexibility index (Phi) is 29.9. The molecule has 11 atom stereocenters. The molecular formula is C51H84N16O13. The first-order valence-corrected chi connectivity index (χ1v) is 26.5. The zero-order valence-corrected chi connectivity index (χ0v) is 46.6. The van der Waals surface area contributed by atoms with Gasteiger partial charge in [0.1, 0.15) is 42.8 Å². The number of hydrogen-bond acceptors (Lipinski definition) is 16. The van der Waals surface area contributed by atoms with Crippen LogP contribution in [0.5, 0.6) is 0 Å². The Labute approximate surface area is 465 Å². The normalized spacial score (nSPS) is 15.2. The largest absolute Gasteiger partial charge is 0.480 e. The van der Waals surface area contributed by atoms with Gasteiger partial charge in [0.05, 0.1) is 37.7 Å². The fourth-order valence-electron chi connectivity index (χ4n) is 7.87. The molecule has 1 aromatic heterocycles. The first kappa shape index (κ1) is 68.3. The summed E-state index contributed by atoms with van der Waals surface area (Å²) < 4.78 is 0. The molecule has 80 heavy (non-hydrogen) atoms. The zero-order valence-electron chi connectivity index (χ0n) is 46.6. The lowest BCUT2D eigenvalue weighted by Gasteiger charge is -2.33. The molecule has 0 fully saturated rings. The number of H-pyrrole nitrogens is 1. The number of guanidine groups is 1. The molecule has 1 aromatic carbocycles. The van der Waals surface area contributed by atoms with Crippen LogP contribution in [0.15, 0.2) is 47.8 Å². The second-order valence-corrected chi connectivity index (χ2v) is 19.5. The first-order chi connectivity index (χ1) is 37.7. The molecule has 446 valence electrons. The van der Waals surface area contributed by atoms with Gasteiger partial charge in [-0.15, -0.1) is 0 Å². The van der Waals surface area contributed by atoms with E-state index in [1.165, 1.54) is 19.4 Å². The fraction of sp³-hybridized carbons (Fsp3) is 0.608. The molecule has 2 unspecified atom stereocenters. The molecule has 0 bridgehead atoms. The molecule has 2 aromatic rings. The Balaban J connectivity index is 2.28. The number of aryl methyl sites for hydroxylation is 1. The Morgan fingerprint density at radius 2 is 1.34 bits per heavy atom. The number of imidazole rings is 1. The number of carboxylic acids is 1. The van der Waals surface area contributed by atoms with Gasteiger partial charge in [-0.1, -0.05) is 57.5 Å². The highest BCUT2D eigenvalue weighted by Gasteiger charge is 2.37. The van der Waals surface area contributed by atoms with E-state index in [1.807, 2.05) is 12.1 Å². The average molecular weight is 1130 g/mol. The minimum absolute atomic E-state index is 0.00852. The van der Waals surface area contributed by atoms with Crippen LogP contribution >= 0.6 is 0 Å². The summed E-state index contributed by atoms with van der Waals surface area (Å²) in [5.41, 5.74) is 23.6. The minimum atomic E-state index is -1.83. The van der Waals surface area contributed by atoms with Crippen molar-refractivity contribution in [1.82, 2.24) is 57.0 Å². The summed E-state index contributed by atoms with van der Waals surface area (Å²) in [6.07, 6.45) is 0.855. The van der Waals surface area contributed by atoms with Crippen molar-refractivity contribution in [2.45, 2.75) is 154 Å². The van der Waals surface area contributed by atoms with E-state index in [4.69, 9.17) is 22.9 Å². The lowest BCUT2D eigenvalue weighted by Crippen LogP contribution is -2.62. The maximum Gasteiger partial charge on any atom is 0.323 e. The number of carboxylic acid groups (broad SMARTS) is 1. The van der Waals surface area contributed by atoms with E-state index in [0.29, 0.717) is 25.0 Å². The molecule has 19 N–H and O–H groups in total. The number of nitrogens with zero attached hydrogens (tertiary/aromatic N) is 4. The summed E-state index contributed by atoms with van der Waals surface area (Å²) in [5.74, 6) is -9.57. The average Bonchev–Trinajstić information content (AvgIpc) is 3.93. The predicted octanol–water partition coefficient (Wildman–Crippen LogP) is -4.68. The third-order valence-electron chi connectivity index (χ3n) is 13.0. The second kappa shape index (κ2) is 35.0. The minimum Gasteiger partial charge on any atom is -0.480 e. The van der Waals surface area contributed by atoms with Crippen LogP contribution < -0.4 is 60.2 Å². The molecule has 9 amide bonds. The van der Waals surface area contributed by atoms with Crippen molar-refractivity contribution >= 4 is 65.1 Å². The van der Waals surface area contributed by atoms with Gasteiger partial charge < -0.3 is 90.3 Å². The van der Waals surface area contributed by atoms with Crippen LogP contribution in [0.4, 0.5) is 0 Å². The van der Waals surface area contributed by atoms with Gasteiger partial charge in [0.2, 0.25) is 53.2 Å². The summed E-state index contributed by atoms with van der Waals surface area (Å²) in [7, 11) is 0. The maximum atomic E-state index is 14.2. The Hall–Kier alpha value is -7.76. The van der Waals surface area contributed by atoms with Crippen molar-refractivity contribution in [1.29, 1.82) is 0 Å². The van der Waals surface area contributed by atoms with Gasteiger partial charge in [0, 0.05) is 44.0 Å². The van der Waals surface area contributed by atoms with Crippen LogP contribution in [0.2, 0.25) is 0 Å². The molecule has 0 aliphatic heterocycles. The molecule has 0 aliphatic rings. The highest BCUT2D eigenvalue weighted by molar-refractivity contribution is 5.98. The number of amides is 9. The molecule has 0 spiro atoms. The number of aliphatic imine (C=N–C) groups is 1. The molecule has 1 heterocycles. The van der Waals surface area contributed by atoms with Crippen LogP contribution in [0.1, 0.15) is 91.8 Å². The lowest BCUT2D eigenvalue weighted by molar-refractivity contribution is -0.148. The highest BCUT2D eigenvalue weighted by Crippen LogP contribution is 2.15. The number of aliphatic carboxylic acids is 1. The van der Waals surface area contributed by atoms with Gasteiger partial charge in [0.15, 0.2) is 5.96 Å². The number of nitrogens with one attached hydrogen (secondary N) is 8. The van der Waals surface area contributed by atoms with Crippen molar-refractivity contribution in [3.8, 4) is 0 Å². The highest BCUT2D eigenvalue weighted by atomic mass is 16.4. The van der Waals surface area contributed by atoms with Gasteiger partial charge in [-0.25, -0.2) is 4.98 Å². The summed E-state index contributed by atoms with van der Waals surface area (Å²) in [6, 6.07) is -1.27. The fourth-order valence-corrected chi connectivity index (χ4v) is 7.87. The van der Waals surface area contributed by atoms with Gasteiger partial charge in [-0.2, -0.15) is 0 Å². The van der Waals surface area contributed by atoms with Crippen LogP contribution in [0, 0.1) is 5.92 Å². The van der Waals surface area contributed by atoms with Crippen LogP contribution in [0.3, 0.4) is 0 Å². The van der Waals surface area contributed by atoms with E-state index < -0.39 is 145 Å². The van der Waals surface area contributed by atoms with E-state index in [0.717, 1.165) is 29.2 Å². The number of nitrogens with two attached hydrogens (primary N) is 4. The molecule has 29 nitrogen and oxygen atoms in total.